The Labute approximate surface area is 129 Å². The van der Waals surface area contributed by atoms with Crippen molar-refractivity contribution in [1.29, 1.82) is 0 Å². The maximum atomic E-state index is 11.6. The highest BCUT2D eigenvalue weighted by molar-refractivity contribution is 5.81. The van der Waals surface area contributed by atoms with Crippen LogP contribution in [0.15, 0.2) is 48.5 Å². The van der Waals surface area contributed by atoms with Crippen LogP contribution in [0.3, 0.4) is 0 Å². The molecule has 0 aliphatic carbocycles. The molecule has 0 radical (unpaired) electrons. The molecule has 2 aromatic rings. The van der Waals surface area contributed by atoms with Gasteiger partial charge in [0.25, 0.3) is 0 Å². The number of carbonyl (C=O) groups excluding carboxylic acids is 1. The molecule has 2 aromatic carbocycles. The molecular formula is C17H18N2O3. The Bertz CT molecular complexity index is 658. The first-order valence-electron chi connectivity index (χ1n) is 7.20. The number of primary amides is 1. The molecule has 0 saturated carbocycles. The van der Waals surface area contributed by atoms with Crippen molar-refractivity contribution in [1.82, 2.24) is 5.32 Å². The lowest BCUT2D eigenvalue weighted by molar-refractivity contribution is -0.120. The average molecular weight is 298 g/mol. The van der Waals surface area contributed by atoms with Gasteiger partial charge in [0.05, 0.1) is 0 Å². The van der Waals surface area contributed by atoms with Gasteiger partial charge >= 0.3 is 0 Å². The topological polar surface area (TPSA) is 73.6 Å². The largest absolute Gasteiger partial charge is 0.454 e. The normalized spacial score (nSPS) is 13.8. The number of hydrogen-bond donors (Lipinski definition) is 2. The van der Waals surface area contributed by atoms with Gasteiger partial charge in [-0.05, 0) is 29.7 Å². The fourth-order valence-electron chi connectivity index (χ4n) is 2.49. The molecule has 114 valence electrons. The molecule has 3 N–H and O–H groups in total. The van der Waals surface area contributed by atoms with E-state index in [1.54, 1.807) is 0 Å². The van der Waals surface area contributed by atoms with Crippen LogP contribution in [0, 0.1) is 0 Å². The zero-order valence-electron chi connectivity index (χ0n) is 12.1. The van der Waals surface area contributed by atoms with E-state index in [1.807, 2.05) is 48.5 Å². The van der Waals surface area contributed by atoms with Crippen LogP contribution in [0.25, 0.3) is 0 Å². The first kappa shape index (κ1) is 14.4. The van der Waals surface area contributed by atoms with E-state index in [-0.39, 0.29) is 12.7 Å². The highest BCUT2D eigenvalue weighted by atomic mass is 16.7. The van der Waals surface area contributed by atoms with Crippen molar-refractivity contribution in [2.45, 2.75) is 12.5 Å². The molecule has 5 nitrogen and oxygen atoms in total. The van der Waals surface area contributed by atoms with Gasteiger partial charge in [0.1, 0.15) is 6.04 Å². The zero-order valence-corrected chi connectivity index (χ0v) is 12.1. The second-order valence-electron chi connectivity index (χ2n) is 5.14. The van der Waals surface area contributed by atoms with Gasteiger partial charge in [-0.15, -0.1) is 0 Å². The van der Waals surface area contributed by atoms with E-state index in [2.05, 4.69) is 5.32 Å². The molecule has 0 spiro atoms. The minimum Gasteiger partial charge on any atom is -0.454 e. The summed E-state index contributed by atoms with van der Waals surface area (Å²) in [5, 5.41) is 3.21. The standard InChI is InChI=1S/C17H18N2O3/c18-17(20)16(13-4-2-1-3-5-13)19-9-8-12-6-7-14-15(10-12)22-11-21-14/h1-7,10,16,19H,8-9,11H2,(H2,18,20). The van der Waals surface area contributed by atoms with Crippen LogP contribution in [0.5, 0.6) is 11.5 Å². The van der Waals surface area contributed by atoms with Gasteiger partial charge < -0.3 is 20.5 Å². The summed E-state index contributed by atoms with van der Waals surface area (Å²) >= 11 is 0. The molecule has 0 aromatic heterocycles. The fourth-order valence-corrected chi connectivity index (χ4v) is 2.49. The van der Waals surface area contributed by atoms with Crippen LogP contribution in [-0.4, -0.2) is 19.2 Å². The Morgan fingerprint density at radius 1 is 1.14 bits per heavy atom. The van der Waals surface area contributed by atoms with Crippen LogP contribution in [0.4, 0.5) is 0 Å². The summed E-state index contributed by atoms with van der Waals surface area (Å²) in [7, 11) is 0. The van der Waals surface area contributed by atoms with E-state index in [0.29, 0.717) is 6.54 Å². The minimum atomic E-state index is -0.477. The van der Waals surface area contributed by atoms with Crippen molar-refractivity contribution in [3.8, 4) is 11.5 Å². The molecule has 1 atom stereocenters. The molecule has 0 saturated heterocycles. The third kappa shape index (κ3) is 3.20. The van der Waals surface area contributed by atoms with Crippen LogP contribution in [0.2, 0.25) is 0 Å². The Hall–Kier alpha value is -2.53. The maximum Gasteiger partial charge on any atom is 0.239 e. The summed E-state index contributed by atoms with van der Waals surface area (Å²) in [5.41, 5.74) is 7.48. The van der Waals surface area contributed by atoms with Crippen LogP contribution in [0.1, 0.15) is 17.2 Å². The highest BCUT2D eigenvalue weighted by Crippen LogP contribution is 2.32. The SMILES string of the molecule is NC(=O)C(NCCc1ccc2c(c1)OCO2)c1ccccc1. The number of nitrogens with one attached hydrogen (secondary N) is 1. The van der Waals surface area contributed by atoms with Crippen molar-refractivity contribution >= 4 is 5.91 Å². The van der Waals surface area contributed by atoms with Gasteiger partial charge in [-0.25, -0.2) is 0 Å². The van der Waals surface area contributed by atoms with Crippen LogP contribution >= 0.6 is 0 Å². The molecule has 1 aliphatic heterocycles. The van der Waals surface area contributed by atoms with Gasteiger partial charge in [-0.2, -0.15) is 0 Å². The molecule has 1 heterocycles. The summed E-state index contributed by atoms with van der Waals surface area (Å²) in [6.45, 7) is 0.914. The van der Waals surface area contributed by atoms with Crippen molar-refractivity contribution < 1.29 is 14.3 Å². The molecule has 1 aliphatic rings. The van der Waals surface area contributed by atoms with E-state index in [1.165, 1.54) is 0 Å². The van der Waals surface area contributed by atoms with Crippen molar-refractivity contribution in [3.63, 3.8) is 0 Å². The smallest absolute Gasteiger partial charge is 0.239 e. The summed E-state index contributed by atoms with van der Waals surface area (Å²) < 4.78 is 10.6. The van der Waals surface area contributed by atoms with Gasteiger partial charge in [-0.1, -0.05) is 36.4 Å². The minimum absolute atomic E-state index is 0.273. The number of benzene rings is 2. The quantitative estimate of drug-likeness (QED) is 0.852. The number of ether oxygens (including phenoxy) is 2. The molecule has 1 unspecified atom stereocenters. The number of amides is 1. The third-order valence-electron chi connectivity index (χ3n) is 3.62. The first-order valence-corrected chi connectivity index (χ1v) is 7.20. The fraction of sp³-hybridized carbons (Fsp3) is 0.235. The molecule has 0 bridgehead atoms. The molecule has 22 heavy (non-hydrogen) atoms. The van der Waals surface area contributed by atoms with Crippen LogP contribution in [-0.2, 0) is 11.2 Å². The Morgan fingerprint density at radius 2 is 1.91 bits per heavy atom. The number of rotatable bonds is 6. The van der Waals surface area contributed by atoms with E-state index < -0.39 is 6.04 Å². The third-order valence-corrected chi connectivity index (χ3v) is 3.62. The van der Waals surface area contributed by atoms with Crippen LogP contribution < -0.4 is 20.5 Å². The molecule has 0 fully saturated rings. The second-order valence-corrected chi connectivity index (χ2v) is 5.14. The van der Waals surface area contributed by atoms with E-state index >= 15 is 0 Å². The molecule has 3 rings (SSSR count). The van der Waals surface area contributed by atoms with Crippen molar-refractivity contribution in [2.75, 3.05) is 13.3 Å². The zero-order chi connectivity index (χ0) is 15.4. The summed E-state index contributed by atoms with van der Waals surface area (Å²) in [6.07, 6.45) is 0.771. The molecular weight excluding hydrogens is 280 g/mol. The van der Waals surface area contributed by atoms with Crippen molar-refractivity contribution in [2.24, 2.45) is 5.73 Å². The van der Waals surface area contributed by atoms with E-state index in [9.17, 15) is 4.79 Å². The predicted molar refractivity (Wildman–Crippen MR) is 82.6 cm³/mol. The van der Waals surface area contributed by atoms with Crippen molar-refractivity contribution in [3.05, 3.63) is 59.7 Å². The highest BCUT2D eigenvalue weighted by Gasteiger charge is 2.17. The van der Waals surface area contributed by atoms with E-state index in [4.69, 9.17) is 15.2 Å². The summed E-state index contributed by atoms with van der Waals surface area (Å²) in [4.78, 5) is 11.6. The lowest BCUT2D eigenvalue weighted by Crippen LogP contribution is -2.34. The number of carbonyl (C=O) groups is 1. The lowest BCUT2D eigenvalue weighted by atomic mass is 10.1. The Kier molecular flexibility index (Phi) is 4.25. The first-order chi connectivity index (χ1) is 10.7. The van der Waals surface area contributed by atoms with Gasteiger partial charge in [0.15, 0.2) is 11.5 Å². The number of nitrogens with two attached hydrogens (primary N) is 1. The molecule has 1 amide bonds. The van der Waals surface area contributed by atoms with Gasteiger partial charge in [0, 0.05) is 6.54 Å². The predicted octanol–water partition coefficient (Wildman–Crippen LogP) is 1.77. The van der Waals surface area contributed by atoms with E-state index in [0.717, 1.165) is 29.0 Å². The van der Waals surface area contributed by atoms with Gasteiger partial charge in [-0.3, -0.25) is 4.79 Å². The Morgan fingerprint density at radius 3 is 2.68 bits per heavy atom. The monoisotopic (exact) mass is 298 g/mol. The number of hydrogen-bond acceptors (Lipinski definition) is 4. The summed E-state index contributed by atoms with van der Waals surface area (Å²) in [6, 6.07) is 14.9. The second kappa shape index (κ2) is 6.49. The average Bonchev–Trinajstić information content (AvgIpc) is 2.99. The summed E-state index contributed by atoms with van der Waals surface area (Å²) in [5.74, 6) is 1.17. The lowest BCUT2D eigenvalue weighted by Gasteiger charge is -2.15. The number of fused-ring (bicyclic) bond motifs is 1. The Balaban J connectivity index is 1.60. The maximum absolute atomic E-state index is 11.6. The molecule has 5 heteroatoms. The van der Waals surface area contributed by atoms with Gasteiger partial charge in [0.2, 0.25) is 12.7 Å².